The number of benzene rings is 1. The number of hydrogen-bond acceptors (Lipinski definition) is 5. The molecule has 1 fully saturated rings. The number of aryl methyl sites for hydroxylation is 1. The van der Waals surface area contributed by atoms with Crippen LogP contribution in [-0.2, 0) is 11.2 Å². The molecular formula is C21H22N4O2. The van der Waals surface area contributed by atoms with Crippen LogP contribution in [0.2, 0.25) is 0 Å². The number of piperidine rings is 1. The highest BCUT2D eigenvalue weighted by atomic mass is 16.5. The summed E-state index contributed by atoms with van der Waals surface area (Å²) in [4.78, 5) is 22.9. The molecule has 1 saturated heterocycles. The number of hydrogen-bond donors (Lipinski definition) is 0. The van der Waals surface area contributed by atoms with Crippen molar-refractivity contribution in [2.45, 2.75) is 31.6 Å². The SMILES string of the molecule is O=C(CCc1nc(-c2cccnc2)no1)N1CCC(c2ccccc2)CC1. The van der Waals surface area contributed by atoms with Gasteiger partial charge in [-0.15, -0.1) is 0 Å². The van der Waals surface area contributed by atoms with Gasteiger partial charge in [0, 0.05) is 43.9 Å². The topological polar surface area (TPSA) is 72.1 Å². The molecule has 1 aliphatic heterocycles. The van der Waals surface area contributed by atoms with Gasteiger partial charge in [-0.3, -0.25) is 9.78 Å². The summed E-state index contributed by atoms with van der Waals surface area (Å²) >= 11 is 0. The molecular weight excluding hydrogens is 340 g/mol. The third-order valence-corrected chi connectivity index (χ3v) is 5.06. The van der Waals surface area contributed by atoms with E-state index in [-0.39, 0.29) is 5.91 Å². The molecule has 6 heteroatoms. The highest BCUT2D eigenvalue weighted by molar-refractivity contribution is 5.76. The first kappa shape index (κ1) is 17.4. The van der Waals surface area contributed by atoms with Crippen molar-refractivity contribution in [2.24, 2.45) is 0 Å². The summed E-state index contributed by atoms with van der Waals surface area (Å²) in [5, 5.41) is 3.97. The predicted molar refractivity (Wildman–Crippen MR) is 101 cm³/mol. The molecule has 138 valence electrons. The average Bonchev–Trinajstić information content (AvgIpc) is 3.22. The Labute approximate surface area is 158 Å². The molecule has 0 aliphatic carbocycles. The van der Waals surface area contributed by atoms with Crippen molar-refractivity contribution in [1.29, 1.82) is 0 Å². The Balaban J connectivity index is 1.27. The average molecular weight is 362 g/mol. The van der Waals surface area contributed by atoms with Crippen LogP contribution >= 0.6 is 0 Å². The summed E-state index contributed by atoms with van der Waals surface area (Å²) in [5.41, 5.74) is 2.18. The van der Waals surface area contributed by atoms with Crippen molar-refractivity contribution in [3.05, 3.63) is 66.3 Å². The summed E-state index contributed by atoms with van der Waals surface area (Å²) in [6.07, 6.45) is 6.28. The van der Waals surface area contributed by atoms with Crippen LogP contribution in [0.15, 0.2) is 59.4 Å². The van der Waals surface area contributed by atoms with E-state index in [9.17, 15) is 4.79 Å². The molecule has 0 spiro atoms. The van der Waals surface area contributed by atoms with E-state index in [0.29, 0.717) is 30.5 Å². The minimum absolute atomic E-state index is 0.155. The number of aromatic nitrogens is 3. The van der Waals surface area contributed by atoms with Gasteiger partial charge in [0.25, 0.3) is 0 Å². The maximum atomic E-state index is 12.5. The van der Waals surface area contributed by atoms with E-state index < -0.39 is 0 Å². The lowest BCUT2D eigenvalue weighted by molar-refractivity contribution is -0.132. The Morgan fingerprint density at radius 2 is 1.93 bits per heavy atom. The van der Waals surface area contributed by atoms with E-state index in [1.54, 1.807) is 12.4 Å². The Morgan fingerprint density at radius 1 is 1.11 bits per heavy atom. The van der Waals surface area contributed by atoms with Gasteiger partial charge in [-0.2, -0.15) is 4.98 Å². The fraction of sp³-hybridized carbons (Fsp3) is 0.333. The lowest BCUT2D eigenvalue weighted by atomic mass is 9.89. The first-order chi connectivity index (χ1) is 13.3. The lowest BCUT2D eigenvalue weighted by Gasteiger charge is -2.32. The number of carbonyl (C=O) groups is 1. The Bertz CT molecular complexity index is 871. The number of rotatable bonds is 5. The second-order valence-corrected chi connectivity index (χ2v) is 6.82. The molecule has 3 aromatic rings. The van der Waals surface area contributed by atoms with Crippen LogP contribution in [0.4, 0.5) is 0 Å². The molecule has 0 N–H and O–H groups in total. The van der Waals surface area contributed by atoms with E-state index in [1.165, 1.54) is 5.56 Å². The van der Waals surface area contributed by atoms with Crippen molar-refractivity contribution in [2.75, 3.05) is 13.1 Å². The number of pyridine rings is 1. The molecule has 0 atom stereocenters. The fourth-order valence-electron chi connectivity index (χ4n) is 3.53. The first-order valence-corrected chi connectivity index (χ1v) is 9.35. The van der Waals surface area contributed by atoms with Gasteiger partial charge in [0.15, 0.2) is 0 Å². The van der Waals surface area contributed by atoms with Gasteiger partial charge in [0.1, 0.15) is 0 Å². The van der Waals surface area contributed by atoms with Crippen LogP contribution in [-0.4, -0.2) is 39.0 Å². The zero-order valence-corrected chi connectivity index (χ0v) is 15.1. The fourth-order valence-corrected chi connectivity index (χ4v) is 3.53. The van der Waals surface area contributed by atoms with Crippen molar-refractivity contribution in [3.8, 4) is 11.4 Å². The molecule has 2 aromatic heterocycles. The Morgan fingerprint density at radius 3 is 2.67 bits per heavy atom. The summed E-state index contributed by atoms with van der Waals surface area (Å²) in [6, 6.07) is 14.3. The second-order valence-electron chi connectivity index (χ2n) is 6.82. The molecule has 0 radical (unpaired) electrons. The first-order valence-electron chi connectivity index (χ1n) is 9.35. The van der Waals surface area contributed by atoms with Crippen molar-refractivity contribution < 1.29 is 9.32 Å². The summed E-state index contributed by atoms with van der Waals surface area (Å²) in [7, 11) is 0. The molecule has 1 amide bonds. The minimum atomic E-state index is 0.155. The lowest BCUT2D eigenvalue weighted by Crippen LogP contribution is -2.38. The molecule has 3 heterocycles. The van der Waals surface area contributed by atoms with Crippen molar-refractivity contribution >= 4 is 5.91 Å². The summed E-state index contributed by atoms with van der Waals surface area (Å²) in [6.45, 7) is 1.62. The smallest absolute Gasteiger partial charge is 0.227 e. The predicted octanol–water partition coefficient (Wildman–Crippen LogP) is 3.47. The standard InChI is InChI=1S/C21H22N4O2/c26-20(25-13-10-17(11-14-25)16-5-2-1-3-6-16)9-8-19-23-21(24-27-19)18-7-4-12-22-15-18/h1-7,12,15,17H,8-11,13-14H2. The normalized spacial score (nSPS) is 15.0. The number of nitrogens with zero attached hydrogens (tertiary/aromatic N) is 4. The Kier molecular flexibility index (Phi) is 5.23. The van der Waals surface area contributed by atoms with Gasteiger partial charge in [-0.25, -0.2) is 0 Å². The number of carbonyl (C=O) groups excluding carboxylic acids is 1. The van der Waals surface area contributed by atoms with Gasteiger partial charge in [0.05, 0.1) is 0 Å². The number of likely N-dealkylation sites (tertiary alicyclic amines) is 1. The molecule has 0 unspecified atom stereocenters. The van der Waals surface area contributed by atoms with Gasteiger partial charge in [-0.1, -0.05) is 35.5 Å². The zero-order valence-electron chi connectivity index (χ0n) is 15.1. The molecule has 6 nitrogen and oxygen atoms in total. The molecule has 1 aromatic carbocycles. The molecule has 1 aliphatic rings. The highest BCUT2D eigenvalue weighted by Gasteiger charge is 2.24. The van der Waals surface area contributed by atoms with Crippen LogP contribution in [0, 0.1) is 0 Å². The maximum Gasteiger partial charge on any atom is 0.227 e. The van der Waals surface area contributed by atoms with Crippen molar-refractivity contribution in [3.63, 3.8) is 0 Å². The summed E-state index contributed by atoms with van der Waals surface area (Å²) in [5.74, 6) is 1.70. The summed E-state index contributed by atoms with van der Waals surface area (Å²) < 4.78 is 5.27. The molecule has 0 saturated carbocycles. The van der Waals surface area contributed by atoms with E-state index in [0.717, 1.165) is 31.5 Å². The van der Waals surface area contributed by atoms with Gasteiger partial charge in [-0.05, 0) is 36.5 Å². The Hall–Kier alpha value is -3.02. The molecule has 0 bridgehead atoms. The van der Waals surface area contributed by atoms with Crippen LogP contribution in [0.1, 0.15) is 36.6 Å². The van der Waals surface area contributed by atoms with Crippen LogP contribution in [0.3, 0.4) is 0 Å². The van der Waals surface area contributed by atoms with E-state index in [1.807, 2.05) is 23.1 Å². The zero-order chi connectivity index (χ0) is 18.5. The third kappa shape index (κ3) is 4.22. The third-order valence-electron chi connectivity index (χ3n) is 5.06. The van der Waals surface area contributed by atoms with Gasteiger partial charge < -0.3 is 9.42 Å². The van der Waals surface area contributed by atoms with Crippen LogP contribution < -0.4 is 0 Å². The van der Waals surface area contributed by atoms with E-state index in [4.69, 9.17) is 4.52 Å². The largest absolute Gasteiger partial charge is 0.343 e. The van der Waals surface area contributed by atoms with E-state index in [2.05, 4.69) is 39.4 Å². The van der Waals surface area contributed by atoms with Crippen LogP contribution in [0.25, 0.3) is 11.4 Å². The van der Waals surface area contributed by atoms with Gasteiger partial charge >= 0.3 is 0 Å². The van der Waals surface area contributed by atoms with Crippen molar-refractivity contribution in [1.82, 2.24) is 20.0 Å². The quantitative estimate of drug-likeness (QED) is 0.695. The monoisotopic (exact) mass is 362 g/mol. The second kappa shape index (κ2) is 8.12. The highest BCUT2D eigenvalue weighted by Crippen LogP contribution is 2.28. The van der Waals surface area contributed by atoms with Gasteiger partial charge in [0.2, 0.25) is 17.6 Å². The maximum absolute atomic E-state index is 12.5. The number of amides is 1. The minimum Gasteiger partial charge on any atom is -0.343 e. The molecule has 27 heavy (non-hydrogen) atoms. The van der Waals surface area contributed by atoms with E-state index >= 15 is 0 Å². The molecule has 4 rings (SSSR count). The van der Waals surface area contributed by atoms with Crippen LogP contribution in [0.5, 0.6) is 0 Å².